The highest BCUT2D eigenvalue weighted by Crippen LogP contribution is 2.27. The Labute approximate surface area is 125 Å². The van der Waals surface area contributed by atoms with Gasteiger partial charge in [-0.15, -0.1) is 0 Å². The monoisotopic (exact) mass is 296 g/mol. The minimum Gasteiger partial charge on any atom is -0.464 e. The second-order valence-corrected chi connectivity index (χ2v) is 5.98. The van der Waals surface area contributed by atoms with Crippen molar-refractivity contribution in [2.75, 3.05) is 19.7 Å². The van der Waals surface area contributed by atoms with Gasteiger partial charge in [0, 0.05) is 25.6 Å². The molecule has 0 N–H and O–H groups in total. The second kappa shape index (κ2) is 6.45. The molecule has 2 saturated heterocycles. The number of rotatable bonds is 4. The maximum atomic E-state index is 12.6. The first-order valence-corrected chi connectivity index (χ1v) is 7.72. The lowest BCUT2D eigenvalue weighted by molar-refractivity contribution is -0.154. The highest BCUT2D eigenvalue weighted by molar-refractivity contribution is 5.92. The third kappa shape index (κ3) is 3.19. The molecule has 2 aliphatic rings. The molecule has 2 fully saturated rings. The van der Waals surface area contributed by atoms with Crippen LogP contribution < -0.4 is 0 Å². The molecule has 2 amide bonds. The summed E-state index contributed by atoms with van der Waals surface area (Å²) in [4.78, 5) is 39.8. The van der Waals surface area contributed by atoms with Crippen molar-refractivity contribution in [3.05, 3.63) is 0 Å². The van der Waals surface area contributed by atoms with Gasteiger partial charge in [0.25, 0.3) is 0 Å². The minimum absolute atomic E-state index is 0.0234. The average molecular weight is 296 g/mol. The van der Waals surface area contributed by atoms with Crippen LogP contribution in [0.25, 0.3) is 0 Å². The Bertz CT molecular complexity index is 435. The molecule has 0 saturated carbocycles. The Kier molecular flexibility index (Phi) is 4.85. The first-order chi connectivity index (χ1) is 9.95. The molecular weight excluding hydrogens is 272 g/mol. The van der Waals surface area contributed by atoms with Crippen LogP contribution in [0.5, 0.6) is 0 Å². The quantitative estimate of drug-likeness (QED) is 0.720. The number of amides is 2. The smallest absolute Gasteiger partial charge is 0.328 e. The van der Waals surface area contributed by atoms with Crippen molar-refractivity contribution in [1.29, 1.82) is 0 Å². The zero-order valence-corrected chi connectivity index (χ0v) is 13.0. The van der Waals surface area contributed by atoms with Crippen molar-refractivity contribution >= 4 is 17.8 Å². The normalized spacial score (nSPS) is 25.8. The van der Waals surface area contributed by atoms with Gasteiger partial charge in [-0.05, 0) is 33.6 Å². The van der Waals surface area contributed by atoms with Gasteiger partial charge in [-0.3, -0.25) is 9.59 Å². The first-order valence-electron chi connectivity index (χ1n) is 7.72. The average Bonchev–Trinajstić information content (AvgIpc) is 3.04. The maximum absolute atomic E-state index is 12.6. The standard InChI is InChI=1S/C15H24N2O4/c1-4-21-15(20)12-6-5-7-16(12)14(19)11-8-13(18)17(9-11)10(2)3/h10-12H,4-9H2,1-3H3. The van der Waals surface area contributed by atoms with E-state index in [2.05, 4.69) is 0 Å². The van der Waals surface area contributed by atoms with Crippen LogP contribution in [-0.4, -0.2) is 59.4 Å². The fourth-order valence-corrected chi connectivity index (χ4v) is 3.14. The van der Waals surface area contributed by atoms with Gasteiger partial charge >= 0.3 is 5.97 Å². The number of hydrogen-bond donors (Lipinski definition) is 0. The van der Waals surface area contributed by atoms with E-state index in [0.717, 1.165) is 6.42 Å². The van der Waals surface area contributed by atoms with Crippen LogP contribution in [0.2, 0.25) is 0 Å². The van der Waals surface area contributed by atoms with Crippen LogP contribution in [0.1, 0.15) is 40.0 Å². The molecule has 6 heteroatoms. The molecular formula is C15H24N2O4. The van der Waals surface area contributed by atoms with Crippen molar-refractivity contribution < 1.29 is 19.1 Å². The van der Waals surface area contributed by atoms with Crippen LogP contribution in [0.3, 0.4) is 0 Å². The van der Waals surface area contributed by atoms with E-state index in [-0.39, 0.29) is 36.2 Å². The summed E-state index contributed by atoms with van der Waals surface area (Å²) in [5.74, 6) is -0.708. The Balaban J connectivity index is 2.03. The summed E-state index contributed by atoms with van der Waals surface area (Å²) in [6.07, 6.45) is 1.71. The molecule has 0 aliphatic carbocycles. The molecule has 0 spiro atoms. The number of hydrogen-bond acceptors (Lipinski definition) is 4. The lowest BCUT2D eigenvalue weighted by atomic mass is 10.1. The number of ether oxygens (including phenoxy) is 1. The number of carbonyl (C=O) groups excluding carboxylic acids is 3. The molecule has 0 bridgehead atoms. The number of nitrogens with zero attached hydrogens (tertiary/aromatic N) is 2. The number of esters is 1. The summed E-state index contributed by atoms with van der Waals surface area (Å²) < 4.78 is 5.04. The van der Waals surface area contributed by atoms with Crippen LogP contribution in [0, 0.1) is 5.92 Å². The van der Waals surface area contributed by atoms with Gasteiger partial charge in [0.15, 0.2) is 0 Å². The summed E-state index contributed by atoms with van der Waals surface area (Å²) in [5.41, 5.74) is 0. The van der Waals surface area contributed by atoms with Crippen LogP contribution in [0.4, 0.5) is 0 Å². The van der Waals surface area contributed by atoms with E-state index < -0.39 is 6.04 Å². The molecule has 2 atom stereocenters. The van der Waals surface area contributed by atoms with E-state index in [0.29, 0.717) is 26.1 Å². The largest absolute Gasteiger partial charge is 0.464 e. The summed E-state index contributed by atoms with van der Waals surface area (Å²) >= 11 is 0. The highest BCUT2D eigenvalue weighted by atomic mass is 16.5. The Morgan fingerprint density at radius 3 is 2.67 bits per heavy atom. The molecule has 21 heavy (non-hydrogen) atoms. The zero-order chi connectivity index (χ0) is 15.6. The van der Waals surface area contributed by atoms with Gasteiger partial charge in [-0.2, -0.15) is 0 Å². The van der Waals surface area contributed by atoms with Crippen LogP contribution >= 0.6 is 0 Å². The van der Waals surface area contributed by atoms with Gasteiger partial charge in [0.2, 0.25) is 11.8 Å². The van der Waals surface area contributed by atoms with Gasteiger partial charge in [0.1, 0.15) is 6.04 Å². The molecule has 0 aromatic heterocycles. The van der Waals surface area contributed by atoms with Crippen molar-refractivity contribution in [3.63, 3.8) is 0 Å². The molecule has 2 unspecified atom stereocenters. The lowest BCUT2D eigenvalue weighted by Gasteiger charge is -2.26. The molecule has 2 rings (SSSR count). The minimum atomic E-state index is -0.472. The van der Waals surface area contributed by atoms with Crippen molar-refractivity contribution in [3.8, 4) is 0 Å². The Morgan fingerprint density at radius 2 is 2.10 bits per heavy atom. The van der Waals surface area contributed by atoms with Gasteiger partial charge in [-0.25, -0.2) is 4.79 Å². The van der Waals surface area contributed by atoms with E-state index >= 15 is 0 Å². The first kappa shape index (κ1) is 15.8. The van der Waals surface area contributed by atoms with E-state index in [1.807, 2.05) is 13.8 Å². The van der Waals surface area contributed by atoms with Gasteiger partial charge in [-0.1, -0.05) is 0 Å². The molecule has 118 valence electrons. The summed E-state index contributed by atoms with van der Waals surface area (Å²) in [5, 5.41) is 0. The predicted molar refractivity (Wildman–Crippen MR) is 76.3 cm³/mol. The summed E-state index contributed by atoms with van der Waals surface area (Å²) in [6, 6.07) is -0.365. The number of likely N-dealkylation sites (tertiary alicyclic amines) is 2. The van der Waals surface area contributed by atoms with Gasteiger partial charge < -0.3 is 14.5 Å². The third-order valence-corrected chi connectivity index (χ3v) is 4.23. The topological polar surface area (TPSA) is 66.9 Å². The van der Waals surface area contributed by atoms with E-state index in [9.17, 15) is 14.4 Å². The molecule has 2 heterocycles. The van der Waals surface area contributed by atoms with E-state index in [1.54, 1.807) is 16.7 Å². The fraction of sp³-hybridized carbons (Fsp3) is 0.800. The van der Waals surface area contributed by atoms with Gasteiger partial charge in [0.05, 0.1) is 12.5 Å². The maximum Gasteiger partial charge on any atom is 0.328 e. The summed E-state index contributed by atoms with van der Waals surface area (Å²) in [7, 11) is 0. The van der Waals surface area contributed by atoms with Crippen molar-refractivity contribution in [2.24, 2.45) is 5.92 Å². The van der Waals surface area contributed by atoms with Crippen LogP contribution in [0.15, 0.2) is 0 Å². The second-order valence-electron chi connectivity index (χ2n) is 5.98. The molecule has 0 aromatic rings. The van der Waals surface area contributed by atoms with Crippen molar-refractivity contribution in [2.45, 2.75) is 52.1 Å². The van der Waals surface area contributed by atoms with E-state index in [4.69, 9.17) is 4.74 Å². The van der Waals surface area contributed by atoms with E-state index in [1.165, 1.54) is 0 Å². The molecule has 2 aliphatic heterocycles. The molecule has 0 aromatic carbocycles. The van der Waals surface area contributed by atoms with Crippen LogP contribution in [-0.2, 0) is 19.1 Å². The highest BCUT2D eigenvalue weighted by Gasteiger charge is 2.42. The fourth-order valence-electron chi connectivity index (χ4n) is 3.14. The third-order valence-electron chi connectivity index (χ3n) is 4.23. The predicted octanol–water partition coefficient (Wildman–Crippen LogP) is 0.797. The van der Waals surface area contributed by atoms with Crippen molar-refractivity contribution in [1.82, 2.24) is 9.80 Å². The Morgan fingerprint density at radius 1 is 1.38 bits per heavy atom. The zero-order valence-electron chi connectivity index (χ0n) is 13.0. The summed E-state index contributed by atoms with van der Waals surface area (Å²) in [6.45, 7) is 7.01. The molecule has 6 nitrogen and oxygen atoms in total. The SMILES string of the molecule is CCOC(=O)C1CCCN1C(=O)C1CC(=O)N(C(C)C)C1. The molecule has 0 radical (unpaired) electrons. The Hall–Kier alpha value is -1.59. The number of carbonyl (C=O) groups is 3. The lowest BCUT2D eigenvalue weighted by Crippen LogP contribution is -2.45.